The predicted octanol–water partition coefficient (Wildman–Crippen LogP) is 4.54. The van der Waals surface area contributed by atoms with Gasteiger partial charge in [0.05, 0.1) is 5.02 Å². The summed E-state index contributed by atoms with van der Waals surface area (Å²) in [6.07, 6.45) is 2.69. The van der Waals surface area contributed by atoms with Gasteiger partial charge in [-0.15, -0.1) is 0 Å². The summed E-state index contributed by atoms with van der Waals surface area (Å²) in [7, 11) is 0. The molecule has 2 aromatic rings. The molecular weight excluding hydrogens is 393 g/mol. The highest BCUT2D eigenvalue weighted by Crippen LogP contribution is 2.29. The molecule has 6 heteroatoms. The number of amides is 1. The van der Waals surface area contributed by atoms with Crippen molar-refractivity contribution in [3.05, 3.63) is 64.4 Å². The summed E-state index contributed by atoms with van der Waals surface area (Å²) in [5.41, 5.74) is 0.990. The summed E-state index contributed by atoms with van der Waals surface area (Å²) < 4.78 is 18.8. The Balaban J connectivity index is 1.51. The number of aliphatic hydroxyl groups is 1. The molecule has 0 bridgehead atoms. The molecule has 156 valence electrons. The molecular formula is C23H27ClFNO3. The molecule has 1 heterocycles. The van der Waals surface area contributed by atoms with Crippen LogP contribution in [0.3, 0.4) is 0 Å². The molecule has 1 aliphatic rings. The summed E-state index contributed by atoms with van der Waals surface area (Å²) in [5.74, 6) is 0.346. The van der Waals surface area contributed by atoms with Crippen LogP contribution in [-0.4, -0.2) is 41.2 Å². The van der Waals surface area contributed by atoms with E-state index in [1.54, 1.807) is 23.1 Å². The summed E-state index contributed by atoms with van der Waals surface area (Å²) in [6.45, 7) is 3.21. The number of benzene rings is 2. The maximum absolute atomic E-state index is 13.0. The molecule has 4 nitrogen and oxygen atoms in total. The molecule has 1 atom stereocenters. The van der Waals surface area contributed by atoms with Crippen LogP contribution in [0.2, 0.25) is 5.02 Å². The average Bonchev–Trinajstić information content (AvgIpc) is 2.90. The molecule has 2 aromatic carbocycles. The van der Waals surface area contributed by atoms with Crippen molar-refractivity contribution in [2.75, 3.05) is 19.7 Å². The molecule has 0 aliphatic carbocycles. The van der Waals surface area contributed by atoms with E-state index in [0.29, 0.717) is 56.0 Å². The number of nitrogens with zero attached hydrogens (tertiary/aromatic N) is 1. The van der Waals surface area contributed by atoms with Gasteiger partial charge in [0.1, 0.15) is 23.8 Å². The number of hydrogen-bond donors (Lipinski definition) is 1. The zero-order valence-electron chi connectivity index (χ0n) is 16.7. The smallest absolute Gasteiger partial charge is 0.222 e. The molecule has 1 unspecified atom stereocenters. The van der Waals surface area contributed by atoms with Gasteiger partial charge in [0.2, 0.25) is 5.91 Å². The summed E-state index contributed by atoms with van der Waals surface area (Å²) in [4.78, 5) is 14.4. The summed E-state index contributed by atoms with van der Waals surface area (Å²) in [6, 6.07) is 11.8. The van der Waals surface area contributed by atoms with Gasteiger partial charge in [0.25, 0.3) is 0 Å². The van der Waals surface area contributed by atoms with Crippen LogP contribution in [0.5, 0.6) is 5.75 Å². The summed E-state index contributed by atoms with van der Waals surface area (Å²) >= 11 is 6.17. The maximum atomic E-state index is 13.0. The number of aryl methyl sites for hydroxylation is 2. The minimum Gasteiger partial charge on any atom is -0.489 e. The van der Waals surface area contributed by atoms with Crippen molar-refractivity contribution in [2.45, 2.75) is 44.6 Å². The Bertz CT molecular complexity index is 843. The Kier molecular flexibility index (Phi) is 7.14. The molecule has 0 radical (unpaired) electrons. The van der Waals surface area contributed by atoms with E-state index < -0.39 is 5.60 Å². The monoisotopic (exact) mass is 419 g/mol. The molecule has 1 amide bonds. The van der Waals surface area contributed by atoms with Gasteiger partial charge in [-0.25, -0.2) is 4.39 Å². The van der Waals surface area contributed by atoms with Crippen LogP contribution in [0.4, 0.5) is 4.39 Å². The number of rotatable bonds is 6. The third-order valence-corrected chi connectivity index (χ3v) is 5.71. The fourth-order valence-electron chi connectivity index (χ4n) is 3.57. The Labute approximate surface area is 176 Å². The lowest BCUT2D eigenvalue weighted by Crippen LogP contribution is -2.38. The molecule has 1 fully saturated rings. The van der Waals surface area contributed by atoms with E-state index in [2.05, 4.69) is 0 Å². The first-order chi connectivity index (χ1) is 13.8. The van der Waals surface area contributed by atoms with Crippen LogP contribution in [0.1, 0.15) is 36.8 Å². The van der Waals surface area contributed by atoms with E-state index in [1.807, 2.05) is 19.1 Å². The van der Waals surface area contributed by atoms with E-state index >= 15 is 0 Å². The van der Waals surface area contributed by atoms with Crippen LogP contribution in [0.25, 0.3) is 0 Å². The van der Waals surface area contributed by atoms with Crippen molar-refractivity contribution in [3.8, 4) is 5.75 Å². The first kappa shape index (κ1) is 21.6. The average molecular weight is 420 g/mol. The van der Waals surface area contributed by atoms with E-state index in [4.69, 9.17) is 16.3 Å². The highest BCUT2D eigenvalue weighted by atomic mass is 35.5. The standard InChI is InChI=1S/C23H27ClFNO3/c1-17-3-9-20(24)21(15-17)29-16-23(28)11-2-13-26(14-12-23)22(27)10-6-18-4-7-19(25)8-5-18/h3-5,7-9,15,28H,2,6,10-14,16H2,1H3. The zero-order chi connectivity index (χ0) is 20.9. The number of ether oxygens (including phenoxy) is 1. The molecule has 0 saturated carbocycles. The molecule has 1 N–H and O–H groups in total. The fourth-order valence-corrected chi connectivity index (χ4v) is 3.74. The van der Waals surface area contributed by atoms with Gasteiger partial charge in [0, 0.05) is 19.5 Å². The van der Waals surface area contributed by atoms with Gasteiger partial charge >= 0.3 is 0 Å². The van der Waals surface area contributed by atoms with Gasteiger partial charge in [-0.2, -0.15) is 0 Å². The molecule has 1 saturated heterocycles. The van der Waals surface area contributed by atoms with Crippen LogP contribution >= 0.6 is 11.6 Å². The number of carbonyl (C=O) groups is 1. The minimum atomic E-state index is -0.987. The van der Waals surface area contributed by atoms with Crippen molar-refractivity contribution in [1.82, 2.24) is 4.90 Å². The van der Waals surface area contributed by atoms with Gasteiger partial charge in [-0.1, -0.05) is 29.8 Å². The zero-order valence-corrected chi connectivity index (χ0v) is 17.4. The highest BCUT2D eigenvalue weighted by molar-refractivity contribution is 6.32. The second-order valence-electron chi connectivity index (χ2n) is 7.81. The van der Waals surface area contributed by atoms with Crippen LogP contribution < -0.4 is 4.74 Å². The van der Waals surface area contributed by atoms with Crippen LogP contribution in [-0.2, 0) is 11.2 Å². The highest BCUT2D eigenvalue weighted by Gasteiger charge is 2.32. The third-order valence-electron chi connectivity index (χ3n) is 5.39. The number of halogens is 2. The Morgan fingerprint density at radius 1 is 1.21 bits per heavy atom. The molecule has 29 heavy (non-hydrogen) atoms. The normalized spacial score (nSPS) is 19.7. The maximum Gasteiger partial charge on any atom is 0.222 e. The largest absolute Gasteiger partial charge is 0.489 e. The van der Waals surface area contributed by atoms with Crippen molar-refractivity contribution in [2.24, 2.45) is 0 Å². The van der Waals surface area contributed by atoms with Gasteiger partial charge in [0.15, 0.2) is 0 Å². The van der Waals surface area contributed by atoms with Crippen LogP contribution in [0.15, 0.2) is 42.5 Å². The molecule has 0 spiro atoms. The Morgan fingerprint density at radius 3 is 2.72 bits per heavy atom. The molecule has 0 aromatic heterocycles. The third kappa shape index (κ3) is 6.18. The first-order valence-electron chi connectivity index (χ1n) is 9.98. The van der Waals surface area contributed by atoms with E-state index in [0.717, 1.165) is 11.1 Å². The molecule has 3 rings (SSSR count). The topological polar surface area (TPSA) is 49.8 Å². The second-order valence-corrected chi connectivity index (χ2v) is 8.21. The van der Waals surface area contributed by atoms with Crippen molar-refractivity contribution in [3.63, 3.8) is 0 Å². The first-order valence-corrected chi connectivity index (χ1v) is 10.4. The molecule has 1 aliphatic heterocycles. The van der Waals surface area contributed by atoms with Crippen molar-refractivity contribution >= 4 is 17.5 Å². The van der Waals surface area contributed by atoms with E-state index in [-0.39, 0.29) is 18.3 Å². The Hall–Kier alpha value is -2.11. The van der Waals surface area contributed by atoms with Gasteiger partial charge in [-0.05, 0) is 68.0 Å². The minimum absolute atomic E-state index is 0.0567. The fraction of sp³-hybridized carbons (Fsp3) is 0.435. The number of hydrogen-bond acceptors (Lipinski definition) is 3. The predicted molar refractivity (Wildman–Crippen MR) is 112 cm³/mol. The number of carbonyl (C=O) groups excluding carboxylic acids is 1. The lowest BCUT2D eigenvalue weighted by atomic mass is 9.96. The van der Waals surface area contributed by atoms with Crippen molar-refractivity contribution in [1.29, 1.82) is 0 Å². The lowest BCUT2D eigenvalue weighted by molar-refractivity contribution is -0.131. The van der Waals surface area contributed by atoms with Gasteiger partial charge in [-0.3, -0.25) is 4.79 Å². The van der Waals surface area contributed by atoms with E-state index in [9.17, 15) is 14.3 Å². The van der Waals surface area contributed by atoms with E-state index in [1.165, 1.54) is 12.1 Å². The second kappa shape index (κ2) is 9.59. The lowest BCUT2D eigenvalue weighted by Gasteiger charge is -2.27. The van der Waals surface area contributed by atoms with Crippen LogP contribution in [0, 0.1) is 12.7 Å². The van der Waals surface area contributed by atoms with Gasteiger partial charge < -0.3 is 14.7 Å². The quantitative estimate of drug-likeness (QED) is 0.747. The van der Waals surface area contributed by atoms with Crippen molar-refractivity contribution < 1.29 is 19.0 Å². The SMILES string of the molecule is Cc1ccc(Cl)c(OCC2(O)CCCN(C(=O)CCc3ccc(F)cc3)CC2)c1. The summed E-state index contributed by atoms with van der Waals surface area (Å²) in [5, 5.41) is 11.5. The Morgan fingerprint density at radius 2 is 1.97 bits per heavy atom. The number of likely N-dealkylation sites (tertiary alicyclic amines) is 1.